The Morgan fingerprint density at radius 2 is 1.73 bits per heavy atom. The van der Waals surface area contributed by atoms with Gasteiger partial charge in [0.05, 0.1) is 4.90 Å². The van der Waals surface area contributed by atoms with Gasteiger partial charge in [-0.15, -0.1) is 11.8 Å². The fraction of sp³-hybridized carbons (Fsp3) is 0.682. The molecule has 0 aromatic heterocycles. The van der Waals surface area contributed by atoms with E-state index in [0.29, 0.717) is 11.7 Å². The second-order valence-corrected chi connectivity index (χ2v) is 13.3. The molecule has 0 spiro atoms. The van der Waals surface area contributed by atoms with Gasteiger partial charge in [-0.2, -0.15) is 0 Å². The van der Waals surface area contributed by atoms with Gasteiger partial charge in [-0.3, -0.25) is 4.79 Å². The number of amides is 1. The number of sulfonamides is 1. The van der Waals surface area contributed by atoms with Crippen LogP contribution in [0.3, 0.4) is 0 Å². The summed E-state index contributed by atoms with van der Waals surface area (Å²) in [7, 11) is -4.08. The van der Waals surface area contributed by atoms with Crippen LogP contribution in [0.4, 0.5) is 0 Å². The average molecular weight is 493 g/mol. The van der Waals surface area contributed by atoms with Crippen LogP contribution in [-0.2, 0) is 14.8 Å². The lowest BCUT2D eigenvalue weighted by atomic mass is 9.83. The lowest BCUT2D eigenvalue weighted by Gasteiger charge is -2.39. The molecule has 1 amide bonds. The Morgan fingerprint density at radius 1 is 1.13 bits per heavy atom. The number of thioether (sulfide) groups is 1. The Hall–Kier alpha value is -0.430. The first kappa shape index (κ1) is 24.2. The molecular weight excluding hydrogens is 461 g/mol. The molecule has 1 saturated carbocycles. The molecule has 0 bridgehead atoms. The number of hydrogen-bond acceptors (Lipinski definition) is 4. The van der Waals surface area contributed by atoms with Crippen LogP contribution < -0.4 is 0 Å². The number of carbonyl (C=O) groups is 1. The van der Waals surface area contributed by atoms with Crippen LogP contribution in [0.5, 0.6) is 0 Å². The molecular formula is C22H31Cl2NO3S2. The summed E-state index contributed by atoms with van der Waals surface area (Å²) in [5, 5.41) is -0.323. The van der Waals surface area contributed by atoms with Crippen LogP contribution in [0.2, 0.25) is 0 Å². The van der Waals surface area contributed by atoms with Gasteiger partial charge in [0.25, 0.3) is 15.9 Å². The highest BCUT2D eigenvalue weighted by molar-refractivity contribution is 8.01. The van der Waals surface area contributed by atoms with E-state index in [0.717, 1.165) is 48.4 Å². The fourth-order valence-corrected chi connectivity index (χ4v) is 8.99. The molecule has 2 fully saturated rings. The van der Waals surface area contributed by atoms with E-state index in [1.54, 1.807) is 36.0 Å². The second kappa shape index (κ2) is 9.21. The molecule has 1 saturated heterocycles. The number of benzene rings is 1. The van der Waals surface area contributed by atoms with E-state index in [1.807, 2.05) is 13.8 Å². The van der Waals surface area contributed by atoms with Gasteiger partial charge in [0.1, 0.15) is 5.37 Å². The molecule has 0 N–H and O–H groups in total. The number of nitrogens with zero attached hydrogens (tertiary/aromatic N) is 1. The highest BCUT2D eigenvalue weighted by atomic mass is 35.5. The van der Waals surface area contributed by atoms with E-state index < -0.39 is 31.1 Å². The average Bonchev–Trinajstić information content (AvgIpc) is 2.86. The van der Waals surface area contributed by atoms with Crippen LogP contribution in [0.1, 0.15) is 70.8 Å². The Kier molecular flexibility index (Phi) is 7.43. The fourth-order valence-electron chi connectivity index (χ4n) is 4.38. The third kappa shape index (κ3) is 4.26. The highest BCUT2D eigenvalue weighted by Crippen LogP contribution is 2.60. The third-order valence-electron chi connectivity index (χ3n) is 6.45. The molecule has 4 nitrogen and oxygen atoms in total. The molecule has 3 rings (SSSR count). The Morgan fingerprint density at radius 3 is 2.30 bits per heavy atom. The smallest absolute Gasteiger partial charge is 0.270 e. The van der Waals surface area contributed by atoms with Gasteiger partial charge in [-0.25, -0.2) is 12.7 Å². The largest absolute Gasteiger partial charge is 0.274 e. The molecule has 1 aromatic rings. The molecule has 1 aliphatic carbocycles. The summed E-state index contributed by atoms with van der Waals surface area (Å²) >= 11 is 14.9. The maximum atomic E-state index is 13.6. The van der Waals surface area contributed by atoms with Gasteiger partial charge >= 0.3 is 0 Å². The van der Waals surface area contributed by atoms with Crippen molar-refractivity contribution in [1.29, 1.82) is 0 Å². The van der Waals surface area contributed by atoms with Crippen molar-refractivity contribution in [3.63, 3.8) is 0 Å². The molecule has 2 aliphatic rings. The zero-order valence-electron chi connectivity index (χ0n) is 17.9. The number of alkyl halides is 2. The molecule has 0 unspecified atom stereocenters. The maximum absolute atomic E-state index is 13.6. The monoisotopic (exact) mass is 491 g/mol. The van der Waals surface area contributed by atoms with Crippen molar-refractivity contribution in [2.45, 2.75) is 92.0 Å². The van der Waals surface area contributed by atoms with Crippen molar-refractivity contribution < 1.29 is 13.2 Å². The standard InChI is InChI=1S/C22H31Cl2NO3S2/c1-4-5-15-21(3)20(29-17-9-7-6-8-10-17)25(19(26)22(21,23)24)30(27,28)18-13-11-16(2)12-14-18/h11-14,17,20H,4-10,15H2,1-3H3/t20-,21+/m1/s1. The van der Waals surface area contributed by atoms with Gasteiger partial charge in [0.15, 0.2) is 0 Å². The zero-order valence-corrected chi connectivity index (χ0v) is 21.0. The van der Waals surface area contributed by atoms with Crippen LogP contribution in [0.25, 0.3) is 0 Å². The van der Waals surface area contributed by atoms with Gasteiger partial charge in [0.2, 0.25) is 4.33 Å². The SMILES string of the molecule is CCCC[C@@]1(C)[C@@H](SC2CCCCC2)N(S(=O)(=O)c2ccc(C)cc2)C(=O)C1(Cl)Cl. The molecule has 0 radical (unpaired) electrons. The lowest BCUT2D eigenvalue weighted by molar-refractivity contribution is -0.124. The van der Waals surface area contributed by atoms with E-state index in [-0.39, 0.29) is 4.90 Å². The summed E-state index contributed by atoms with van der Waals surface area (Å²) in [6.45, 7) is 5.84. The Balaban J connectivity index is 2.07. The lowest BCUT2D eigenvalue weighted by Crippen LogP contribution is -2.43. The molecule has 1 aliphatic heterocycles. The van der Waals surface area contributed by atoms with E-state index in [1.165, 1.54) is 6.42 Å². The number of carbonyl (C=O) groups excluding carboxylic acids is 1. The number of aryl methyl sites for hydroxylation is 1. The minimum Gasteiger partial charge on any atom is -0.270 e. The topological polar surface area (TPSA) is 54.5 Å². The summed E-state index contributed by atoms with van der Waals surface area (Å²) in [5.74, 6) is -0.724. The summed E-state index contributed by atoms with van der Waals surface area (Å²) in [5.41, 5.74) is 0.0787. The minimum absolute atomic E-state index is 0.0968. The second-order valence-electron chi connectivity index (χ2n) is 8.76. The van der Waals surface area contributed by atoms with Gasteiger partial charge in [0, 0.05) is 10.7 Å². The van der Waals surface area contributed by atoms with Gasteiger partial charge < -0.3 is 0 Å². The first-order valence-electron chi connectivity index (χ1n) is 10.7. The molecule has 1 heterocycles. The number of rotatable bonds is 7. The van der Waals surface area contributed by atoms with E-state index in [4.69, 9.17) is 23.2 Å². The third-order valence-corrected chi connectivity index (χ3v) is 11.4. The molecule has 2 atom stereocenters. The van der Waals surface area contributed by atoms with Crippen LogP contribution >= 0.6 is 35.0 Å². The van der Waals surface area contributed by atoms with Crippen molar-refractivity contribution in [3.05, 3.63) is 29.8 Å². The van der Waals surface area contributed by atoms with E-state index >= 15 is 0 Å². The molecule has 168 valence electrons. The summed E-state index contributed by atoms with van der Waals surface area (Å²) in [6.07, 6.45) is 7.83. The highest BCUT2D eigenvalue weighted by Gasteiger charge is 2.68. The van der Waals surface area contributed by atoms with Gasteiger partial charge in [-0.05, 0) is 38.3 Å². The Labute approximate surface area is 195 Å². The van der Waals surface area contributed by atoms with Crippen LogP contribution in [0.15, 0.2) is 29.2 Å². The first-order valence-corrected chi connectivity index (χ1v) is 13.9. The number of halogens is 2. The summed E-state index contributed by atoms with van der Waals surface area (Å²) < 4.78 is 26.5. The molecule has 8 heteroatoms. The van der Waals surface area contributed by atoms with Crippen molar-refractivity contribution in [1.82, 2.24) is 4.31 Å². The van der Waals surface area contributed by atoms with Crippen molar-refractivity contribution >= 4 is 50.9 Å². The van der Waals surface area contributed by atoms with Crippen molar-refractivity contribution in [2.75, 3.05) is 0 Å². The van der Waals surface area contributed by atoms with Crippen LogP contribution in [0, 0.1) is 12.3 Å². The predicted molar refractivity (Wildman–Crippen MR) is 126 cm³/mol. The summed E-state index contributed by atoms with van der Waals surface area (Å²) in [6, 6.07) is 6.57. The quantitative estimate of drug-likeness (QED) is 0.420. The molecule has 30 heavy (non-hydrogen) atoms. The van der Waals surface area contributed by atoms with Gasteiger partial charge in [-0.1, -0.05) is 86.8 Å². The van der Waals surface area contributed by atoms with E-state index in [9.17, 15) is 13.2 Å². The first-order chi connectivity index (χ1) is 14.1. The predicted octanol–water partition coefficient (Wildman–Crippen LogP) is 6.29. The number of hydrogen-bond donors (Lipinski definition) is 0. The Bertz CT molecular complexity index is 867. The maximum Gasteiger partial charge on any atom is 0.274 e. The number of unbranched alkanes of at least 4 members (excludes halogenated alkanes) is 1. The molecule has 1 aromatic carbocycles. The summed E-state index contributed by atoms with van der Waals surface area (Å²) in [4.78, 5) is 13.5. The van der Waals surface area contributed by atoms with Crippen LogP contribution in [-0.4, -0.2) is 33.6 Å². The van der Waals surface area contributed by atoms with E-state index in [2.05, 4.69) is 6.92 Å². The van der Waals surface area contributed by atoms with Crippen molar-refractivity contribution in [2.24, 2.45) is 5.41 Å². The minimum atomic E-state index is -4.08. The zero-order chi connectivity index (χ0) is 22.2. The van der Waals surface area contributed by atoms with Crippen molar-refractivity contribution in [3.8, 4) is 0 Å². The normalized spacial score (nSPS) is 27.6.